The molecule has 0 heterocycles. The number of hydrogen-bond acceptors (Lipinski definition) is 2. The average molecular weight is 240 g/mol. The Morgan fingerprint density at radius 3 is 2.18 bits per heavy atom. The average Bonchev–Trinajstić information content (AvgIpc) is 2.39. The molecule has 1 saturated carbocycles. The summed E-state index contributed by atoms with van der Waals surface area (Å²) in [5.74, 6) is 0. The molecule has 2 nitrogen and oxygen atoms in total. The Balaban J connectivity index is 2.41. The van der Waals surface area contributed by atoms with Crippen molar-refractivity contribution < 1.29 is 0 Å². The first-order valence-corrected chi connectivity index (χ1v) is 7.56. The van der Waals surface area contributed by atoms with Gasteiger partial charge in [0.15, 0.2) is 0 Å². The summed E-state index contributed by atoms with van der Waals surface area (Å²) in [4.78, 5) is 2.56. The van der Waals surface area contributed by atoms with Crippen molar-refractivity contribution >= 4 is 0 Å². The quantitative estimate of drug-likeness (QED) is 0.733. The van der Waals surface area contributed by atoms with Crippen LogP contribution in [0.3, 0.4) is 0 Å². The summed E-state index contributed by atoms with van der Waals surface area (Å²) in [6, 6.07) is 0.771. The number of nitrogens with one attached hydrogen (secondary N) is 1. The molecule has 1 N–H and O–H groups in total. The maximum absolute atomic E-state index is 3.62. The van der Waals surface area contributed by atoms with E-state index in [9.17, 15) is 0 Å². The second-order valence-electron chi connectivity index (χ2n) is 5.79. The zero-order valence-corrected chi connectivity index (χ0v) is 12.4. The van der Waals surface area contributed by atoms with Crippen LogP contribution >= 0.6 is 0 Å². The second kappa shape index (κ2) is 7.38. The molecule has 0 bridgehead atoms. The second-order valence-corrected chi connectivity index (χ2v) is 5.79. The molecule has 0 amide bonds. The largest absolute Gasteiger partial charge is 0.314 e. The van der Waals surface area contributed by atoms with Crippen molar-refractivity contribution in [3.8, 4) is 0 Å². The van der Waals surface area contributed by atoms with Crippen LogP contribution in [0.2, 0.25) is 0 Å². The fourth-order valence-corrected chi connectivity index (χ4v) is 3.34. The van der Waals surface area contributed by atoms with Crippen molar-refractivity contribution in [2.75, 3.05) is 20.6 Å². The fraction of sp³-hybridized carbons (Fsp3) is 1.00. The lowest BCUT2D eigenvalue weighted by atomic mass is 9.79. The Bertz CT molecular complexity index is 193. The Morgan fingerprint density at radius 2 is 1.71 bits per heavy atom. The molecule has 1 rings (SSSR count). The van der Waals surface area contributed by atoms with Crippen molar-refractivity contribution in [3.63, 3.8) is 0 Å². The van der Waals surface area contributed by atoms with Gasteiger partial charge in [0.2, 0.25) is 0 Å². The van der Waals surface area contributed by atoms with E-state index in [2.05, 4.69) is 38.2 Å². The molecular formula is C15H32N2. The first-order valence-electron chi connectivity index (χ1n) is 7.56. The maximum atomic E-state index is 3.62. The van der Waals surface area contributed by atoms with Crippen molar-refractivity contribution in [2.24, 2.45) is 0 Å². The first-order chi connectivity index (χ1) is 8.17. The van der Waals surface area contributed by atoms with Crippen LogP contribution in [0.25, 0.3) is 0 Å². The molecule has 0 aromatic carbocycles. The van der Waals surface area contributed by atoms with Gasteiger partial charge < -0.3 is 10.2 Å². The summed E-state index contributed by atoms with van der Waals surface area (Å²) in [7, 11) is 4.45. The molecule has 0 aromatic rings. The molecule has 0 saturated heterocycles. The van der Waals surface area contributed by atoms with Crippen molar-refractivity contribution in [3.05, 3.63) is 0 Å². The molecule has 102 valence electrons. The van der Waals surface area contributed by atoms with Crippen molar-refractivity contribution in [1.82, 2.24) is 10.2 Å². The Labute approximate surface area is 108 Å². The minimum absolute atomic E-state index is 0.443. The number of nitrogens with zero attached hydrogens (tertiary/aromatic N) is 1. The lowest BCUT2D eigenvalue weighted by Crippen LogP contribution is -2.47. The van der Waals surface area contributed by atoms with E-state index in [0.717, 1.165) is 6.04 Å². The summed E-state index contributed by atoms with van der Waals surface area (Å²) in [5.41, 5.74) is 0.443. The SMILES string of the molecule is CCC(CC)N(C)CCC1(NC)CCCCC1. The van der Waals surface area contributed by atoms with E-state index in [1.54, 1.807) is 0 Å². The predicted octanol–water partition coefficient (Wildman–Crippen LogP) is 3.42. The van der Waals surface area contributed by atoms with Gasteiger partial charge in [-0.25, -0.2) is 0 Å². The zero-order valence-electron chi connectivity index (χ0n) is 12.4. The molecule has 0 aromatic heterocycles. The van der Waals surface area contributed by atoms with Gasteiger partial charge >= 0.3 is 0 Å². The molecule has 1 fully saturated rings. The van der Waals surface area contributed by atoms with Crippen LogP contribution in [0.4, 0.5) is 0 Å². The van der Waals surface area contributed by atoms with Crippen molar-refractivity contribution in [2.45, 2.75) is 76.8 Å². The van der Waals surface area contributed by atoms with Gasteiger partial charge in [-0.1, -0.05) is 33.1 Å². The van der Waals surface area contributed by atoms with E-state index >= 15 is 0 Å². The van der Waals surface area contributed by atoms with Crippen LogP contribution in [0.1, 0.15) is 65.2 Å². The lowest BCUT2D eigenvalue weighted by Gasteiger charge is -2.39. The standard InChI is InChI=1S/C15H32N2/c1-5-14(6-2)17(4)13-12-15(16-3)10-8-7-9-11-15/h14,16H,5-13H2,1-4H3. The van der Waals surface area contributed by atoms with Crippen LogP contribution in [0, 0.1) is 0 Å². The van der Waals surface area contributed by atoms with Crippen LogP contribution in [0.5, 0.6) is 0 Å². The number of rotatable bonds is 7. The summed E-state index contributed by atoms with van der Waals surface area (Å²) >= 11 is 0. The molecule has 0 aliphatic heterocycles. The highest BCUT2D eigenvalue weighted by Crippen LogP contribution is 2.31. The van der Waals surface area contributed by atoms with Crippen molar-refractivity contribution in [1.29, 1.82) is 0 Å². The Hall–Kier alpha value is -0.0800. The van der Waals surface area contributed by atoms with Gasteiger partial charge in [0.05, 0.1) is 0 Å². The topological polar surface area (TPSA) is 15.3 Å². The third-order valence-corrected chi connectivity index (χ3v) is 4.85. The molecule has 0 atom stereocenters. The highest BCUT2D eigenvalue weighted by atomic mass is 15.1. The van der Waals surface area contributed by atoms with E-state index < -0.39 is 0 Å². The van der Waals surface area contributed by atoms with E-state index in [-0.39, 0.29) is 0 Å². The maximum Gasteiger partial charge on any atom is 0.0190 e. The highest BCUT2D eigenvalue weighted by molar-refractivity contribution is 4.90. The summed E-state index contributed by atoms with van der Waals surface area (Å²) < 4.78 is 0. The van der Waals surface area contributed by atoms with E-state index in [1.807, 2.05) is 0 Å². The van der Waals surface area contributed by atoms with E-state index in [1.165, 1.54) is 57.9 Å². The molecule has 0 spiro atoms. The van der Waals surface area contributed by atoms with Gasteiger partial charge in [-0.05, 0) is 52.7 Å². The van der Waals surface area contributed by atoms with Gasteiger partial charge in [-0.15, -0.1) is 0 Å². The third-order valence-electron chi connectivity index (χ3n) is 4.85. The third kappa shape index (κ3) is 4.26. The zero-order chi connectivity index (χ0) is 12.7. The first kappa shape index (κ1) is 15.0. The van der Waals surface area contributed by atoms with Crippen LogP contribution in [-0.4, -0.2) is 37.1 Å². The van der Waals surface area contributed by atoms with Crippen LogP contribution < -0.4 is 5.32 Å². The number of hydrogen-bond donors (Lipinski definition) is 1. The lowest BCUT2D eigenvalue weighted by molar-refractivity contribution is 0.166. The van der Waals surface area contributed by atoms with Gasteiger partial charge in [-0.3, -0.25) is 0 Å². The minimum atomic E-state index is 0.443. The highest BCUT2D eigenvalue weighted by Gasteiger charge is 2.30. The predicted molar refractivity (Wildman–Crippen MR) is 76.5 cm³/mol. The Morgan fingerprint density at radius 1 is 1.12 bits per heavy atom. The van der Waals surface area contributed by atoms with Crippen LogP contribution in [-0.2, 0) is 0 Å². The molecule has 0 unspecified atom stereocenters. The summed E-state index contributed by atoms with van der Waals surface area (Å²) in [6.45, 7) is 5.85. The summed E-state index contributed by atoms with van der Waals surface area (Å²) in [5, 5.41) is 3.62. The smallest absolute Gasteiger partial charge is 0.0190 e. The monoisotopic (exact) mass is 240 g/mol. The molecular weight excluding hydrogens is 208 g/mol. The molecule has 0 radical (unpaired) electrons. The molecule has 2 heteroatoms. The van der Waals surface area contributed by atoms with Crippen LogP contribution in [0.15, 0.2) is 0 Å². The van der Waals surface area contributed by atoms with Gasteiger partial charge in [0.25, 0.3) is 0 Å². The molecule has 17 heavy (non-hydrogen) atoms. The van der Waals surface area contributed by atoms with Gasteiger partial charge in [0.1, 0.15) is 0 Å². The van der Waals surface area contributed by atoms with Gasteiger partial charge in [0, 0.05) is 11.6 Å². The minimum Gasteiger partial charge on any atom is -0.314 e. The summed E-state index contributed by atoms with van der Waals surface area (Å²) in [6.07, 6.45) is 10.9. The van der Waals surface area contributed by atoms with E-state index in [0.29, 0.717) is 5.54 Å². The fourth-order valence-electron chi connectivity index (χ4n) is 3.34. The normalized spacial score (nSPS) is 20.1. The molecule has 1 aliphatic carbocycles. The molecule has 1 aliphatic rings. The Kier molecular flexibility index (Phi) is 6.50. The van der Waals surface area contributed by atoms with E-state index in [4.69, 9.17) is 0 Å². The van der Waals surface area contributed by atoms with Gasteiger partial charge in [-0.2, -0.15) is 0 Å².